The van der Waals surface area contributed by atoms with Crippen molar-refractivity contribution in [2.45, 2.75) is 33.1 Å². The molecule has 0 aliphatic heterocycles. The molecule has 1 aromatic carbocycles. The lowest BCUT2D eigenvalue weighted by molar-refractivity contribution is 0.272. The van der Waals surface area contributed by atoms with Gasteiger partial charge in [-0.2, -0.15) is 5.10 Å². The van der Waals surface area contributed by atoms with Gasteiger partial charge in [0.15, 0.2) is 5.82 Å². The Kier molecular flexibility index (Phi) is 4.46. The van der Waals surface area contributed by atoms with Crippen LogP contribution in [0.4, 0.5) is 4.39 Å². The summed E-state index contributed by atoms with van der Waals surface area (Å²) in [5, 5.41) is 13.1. The Morgan fingerprint density at radius 2 is 2.21 bits per heavy atom. The van der Waals surface area contributed by atoms with E-state index in [-0.39, 0.29) is 13.2 Å². The van der Waals surface area contributed by atoms with Crippen LogP contribution in [0.3, 0.4) is 0 Å². The Balaban J connectivity index is 2.05. The molecule has 2 rings (SSSR count). The quantitative estimate of drug-likeness (QED) is 0.866. The molecule has 0 spiro atoms. The number of hydrogen-bond donors (Lipinski definition) is 1. The largest absolute Gasteiger partial charge is 0.486 e. The summed E-state index contributed by atoms with van der Waals surface area (Å²) in [5.74, 6) is 0.628. The second kappa shape index (κ2) is 6.29. The summed E-state index contributed by atoms with van der Waals surface area (Å²) < 4.78 is 20.5. The van der Waals surface area contributed by atoms with E-state index in [1.165, 1.54) is 18.5 Å². The average molecular weight is 265 g/mol. The Labute approximate surface area is 110 Å². The van der Waals surface area contributed by atoms with Gasteiger partial charge >= 0.3 is 0 Å². The van der Waals surface area contributed by atoms with Gasteiger partial charge in [0.05, 0.1) is 6.61 Å². The summed E-state index contributed by atoms with van der Waals surface area (Å²) in [6.45, 7) is 2.81. The number of aliphatic hydroxyl groups is 1. The maximum atomic E-state index is 13.3. The Morgan fingerprint density at radius 3 is 2.95 bits per heavy atom. The Hall–Kier alpha value is -1.95. The molecule has 0 saturated carbocycles. The lowest BCUT2D eigenvalue weighted by atomic mass is 10.2. The number of benzene rings is 1. The van der Waals surface area contributed by atoms with Crippen LogP contribution in [0, 0.1) is 5.82 Å². The molecule has 0 saturated heterocycles. The van der Waals surface area contributed by atoms with Gasteiger partial charge in [0.25, 0.3) is 0 Å². The maximum Gasteiger partial charge on any atom is 0.164 e. The zero-order chi connectivity index (χ0) is 13.7. The number of halogens is 1. The molecule has 5 nitrogen and oxygen atoms in total. The van der Waals surface area contributed by atoms with Crippen molar-refractivity contribution in [3.8, 4) is 5.75 Å². The van der Waals surface area contributed by atoms with E-state index in [0.717, 1.165) is 13.0 Å². The topological polar surface area (TPSA) is 60.2 Å². The highest BCUT2D eigenvalue weighted by Gasteiger charge is 2.06. The molecule has 6 heteroatoms. The third-order valence-electron chi connectivity index (χ3n) is 2.61. The fraction of sp³-hybridized carbons (Fsp3) is 0.385. The first-order valence-electron chi connectivity index (χ1n) is 6.12. The van der Waals surface area contributed by atoms with Gasteiger partial charge in [-0.25, -0.2) is 14.1 Å². The third kappa shape index (κ3) is 3.51. The highest BCUT2D eigenvalue weighted by Crippen LogP contribution is 2.17. The van der Waals surface area contributed by atoms with Crippen LogP contribution in [0.5, 0.6) is 5.75 Å². The van der Waals surface area contributed by atoms with E-state index in [1.54, 1.807) is 10.7 Å². The van der Waals surface area contributed by atoms with Gasteiger partial charge in [-0.05, 0) is 24.1 Å². The summed E-state index contributed by atoms with van der Waals surface area (Å²) in [5.41, 5.74) is 0.477. The summed E-state index contributed by atoms with van der Waals surface area (Å²) in [6.07, 6.45) is 2.42. The summed E-state index contributed by atoms with van der Waals surface area (Å²) in [4.78, 5) is 4.10. The van der Waals surface area contributed by atoms with Gasteiger partial charge in [-0.15, -0.1) is 0 Å². The number of rotatable bonds is 6. The normalized spacial score (nSPS) is 10.7. The van der Waals surface area contributed by atoms with Crippen LogP contribution in [-0.4, -0.2) is 19.9 Å². The van der Waals surface area contributed by atoms with Gasteiger partial charge in [0.2, 0.25) is 0 Å². The molecule has 0 radical (unpaired) electrons. The highest BCUT2D eigenvalue weighted by molar-refractivity contribution is 5.29. The van der Waals surface area contributed by atoms with Crippen molar-refractivity contribution in [2.24, 2.45) is 0 Å². The molecular formula is C13H16FN3O2. The monoisotopic (exact) mass is 265 g/mol. The Morgan fingerprint density at radius 1 is 1.37 bits per heavy atom. The number of nitrogens with zero attached hydrogens (tertiary/aromatic N) is 3. The highest BCUT2D eigenvalue weighted by atomic mass is 19.1. The van der Waals surface area contributed by atoms with Crippen LogP contribution in [0.25, 0.3) is 0 Å². The van der Waals surface area contributed by atoms with Gasteiger partial charge in [0.1, 0.15) is 24.5 Å². The summed E-state index contributed by atoms with van der Waals surface area (Å²) >= 11 is 0. The molecule has 102 valence electrons. The summed E-state index contributed by atoms with van der Waals surface area (Å²) in [7, 11) is 0. The van der Waals surface area contributed by atoms with Gasteiger partial charge in [-0.3, -0.25) is 0 Å². The van der Waals surface area contributed by atoms with Crippen molar-refractivity contribution in [1.82, 2.24) is 14.8 Å². The zero-order valence-corrected chi connectivity index (χ0v) is 10.7. The first-order chi connectivity index (χ1) is 9.22. The van der Waals surface area contributed by atoms with Crippen LogP contribution in [0.1, 0.15) is 24.7 Å². The predicted octanol–water partition coefficient (Wildman–Crippen LogP) is 1.90. The van der Waals surface area contributed by atoms with E-state index in [9.17, 15) is 4.39 Å². The predicted molar refractivity (Wildman–Crippen MR) is 67.0 cm³/mol. The molecule has 0 aliphatic rings. The minimum atomic E-state index is -0.434. The number of aliphatic hydroxyl groups excluding tert-OH is 1. The maximum absolute atomic E-state index is 13.3. The van der Waals surface area contributed by atoms with E-state index in [4.69, 9.17) is 9.84 Å². The molecule has 0 aliphatic carbocycles. The third-order valence-corrected chi connectivity index (χ3v) is 2.61. The molecule has 0 atom stereocenters. The standard InChI is InChI=1S/C13H16FN3O2/c1-2-3-17-13(15-9-16-17)8-19-12-5-10(7-18)4-11(14)6-12/h4-6,9,18H,2-3,7-8H2,1H3. The van der Waals surface area contributed by atoms with Crippen molar-refractivity contribution >= 4 is 0 Å². The molecule has 19 heavy (non-hydrogen) atoms. The molecule has 0 unspecified atom stereocenters. The molecule has 1 aromatic heterocycles. The van der Waals surface area contributed by atoms with Crippen molar-refractivity contribution in [3.63, 3.8) is 0 Å². The van der Waals surface area contributed by atoms with Crippen molar-refractivity contribution in [1.29, 1.82) is 0 Å². The fourth-order valence-electron chi connectivity index (χ4n) is 1.74. The minimum absolute atomic E-state index is 0.217. The van der Waals surface area contributed by atoms with Crippen LogP contribution < -0.4 is 4.74 Å². The van der Waals surface area contributed by atoms with Gasteiger partial charge < -0.3 is 9.84 Å². The molecule has 1 N–H and O–H groups in total. The van der Waals surface area contributed by atoms with E-state index < -0.39 is 5.82 Å². The van der Waals surface area contributed by atoms with E-state index in [0.29, 0.717) is 17.1 Å². The van der Waals surface area contributed by atoms with Crippen LogP contribution in [-0.2, 0) is 19.8 Å². The number of hydrogen-bond acceptors (Lipinski definition) is 4. The molecule has 2 aromatic rings. The van der Waals surface area contributed by atoms with Crippen molar-refractivity contribution < 1.29 is 14.2 Å². The van der Waals surface area contributed by atoms with E-state index in [1.807, 2.05) is 6.92 Å². The molecule has 0 fully saturated rings. The van der Waals surface area contributed by atoms with Crippen LogP contribution in [0.15, 0.2) is 24.5 Å². The smallest absolute Gasteiger partial charge is 0.164 e. The Bertz CT molecular complexity index is 542. The first-order valence-corrected chi connectivity index (χ1v) is 6.12. The molecule has 1 heterocycles. The summed E-state index contributed by atoms with van der Waals surface area (Å²) in [6, 6.07) is 4.15. The van der Waals surface area contributed by atoms with E-state index >= 15 is 0 Å². The average Bonchev–Trinajstić information content (AvgIpc) is 2.83. The van der Waals surface area contributed by atoms with Crippen molar-refractivity contribution in [3.05, 3.63) is 41.7 Å². The second-order valence-electron chi connectivity index (χ2n) is 4.14. The number of ether oxygens (including phenoxy) is 1. The van der Waals surface area contributed by atoms with Crippen LogP contribution in [0.2, 0.25) is 0 Å². The second-order valence-corrected chi connectivity index (χ2v) is 4.14. The number of aromatic nitrogens is 3. The lowest BCUT2D eigenvalue weighted by Gasteiger charge is -2.08. The van der Waals surface area contributed by atoms with Gasteiger partial charge in [0, 0.05) is 12.6 Å². The zero-order valence-electron chi connectivity index (χ0n) is 10.7. The van der Waals surface area contributed by atoms with Crippen molar-refractivity contribution in [2.75, 3.05) is 0 Å². The lowest BCUT2D eigenvalue weighted by Crippen LogP contribution is -2.08. The number of aryl methyl sites for hydroxylation is 1. The van der Waals surface area contributed by atoms with Crippen LogP contribution >= 0.6 is 0 Å². The first kappa shape index (κ1) is 13.5. The minimum Gasteiger partial charge on any atom is -0.486 e. The molecule has 0 bridgehead atoms. The fourth-order valence-corrected chi connectivity index (χ4v) is 1.74. The molecular weight excluding hydrogens is 249 g/mol. The molecule has 0 amide bonds. The van der Waals surface area contributed by atoms with E-state index in [2.05, 4.69) is 10.1 Å². The SMILES string of the molecule is CCCn1ncnc1COc1cc(F)cc(CO)c1. The van der Waals surface area contributed by atoms with Gasteiger partial charge in [-0.1, -0.05) is 6.92 Å².